The van der Waals surface area contributed by atoms with E-state index in [-0.39, 0.29) is 17.0 Å². The summed E-state index contributed by atoms with van der Waals surface area (Å²) in [5.41, 5.74) is -0.0000228. The average molecular weight is 286 g/mol. The molecule has 0 bridgehead atoms. The van der Waals surface area contributed by atoms with Gasteiger partial charge in [-0.15, -0.1) is 0 Å². The van der Waals surface area contributed by atoms with Crippen LogP contribution in [0.3, 0.4) is 0 Å². The third-order valence-corrected chi connectivity index (χ3v) is 3.58. The summed E-state index contributed by atoms with van der Waals surface area (Å²) in [5.74, 6) is -0.205. The van der Waals surface area contributed by atoms with Gasteiger partial charge < -0.3 is 4.55 Å². The summed E-state index contributed by atoms with van der Waals surface area (Å²) in [6, 6.07) is 3.20. The highest BCUT2D eigenvalue weighted by atomic mass is 32.2. The second kappa shape index (κ2) is 7.20. The molecule has 0 fully saturated rings. The van der Waals surface area contributed by atoms with Gasteiger partial charge in [-0.2, -0.15) is 0 Å². The quantitative estimate of drug-likeness (QED) is 0.349. The van der Waals surface area contributed by atoms with Crippen LogP contribution >= 0.6 is 0 Å². The molecule has 0 aliphatic heterocycles. The van der Waals surface area contributed by atoms with E-state index < -0.39 is 22.1 Å². The van der Waals surface area contributed by atoms with Crippen LogP contribution in [0.15, 0.2) is 22.6 Å². The lowest BCUT2D eigenvalue weighted by Crippen LogP contribution is -2.08. The molecule has 0 aliphatic carbocycles. The molecule has 0 saturated heterocycles. The first-order chi connectivity index (χ1) is 8.95. The van der Waals surface area contributed by atoms with E-state index in [0.29, 0.717) is 5.75 Å². The number of non-ortho nitro benzene ring substituents is 1. The lowest BCUT2D eigenvalue weighted by molar-refractivity contribution is -0.384. The number of hydrogen-bond donors (Lipinski definition) is 0. The number of halogens is 1. The summed E-state index contributed by atoms with van der Waals surface area (Å²) in [7, 11) is 0. The number of unbranched alkanes of at least 4 members (excludes halogenated alkanes) is 1. The number of nitro benzene ring substituents is 1. The fraction of sp³-hybridized carbons (Fsp3) is 0.417. The Morgan fingerprint density at radius 2 is 2.21 bits per heavy atom. The number of benzene rings is 1. The van der Waals surface area contributed by atoms with Gasteiger partial charge in [0.1, 0.15) is 11.6 Å². The minimum atomic E-state index is -1.42. The zero-order valence-electron chi connectivity index (χ0n) is 10.8. The Morgan fingerprint density at radius 1 is 1.53 bits per heavy atom. The molecule has 0 heterocycles. The highest BCUT2D eigenvalue weighted by Gasteiger charge is 2.15. The number of nitro groups is 1. The molecule has 0 aliphatic rings. The van der Waals surface area contributed by atoms with Crippen LogP contribution in [-0.2, 0) is 11.4 Å². The lowest BCUT2D eigenvalue weighted by atomic mass is 10.1. The predicted molar refractivity (Wildman–Crippen MR) is 73.2 cm³/mol. The van der Waals surface area contributed by atoms with Gasteiger partial charge in [0.05, 0.1) is 22.0 Å². The largest absolute Gasteiger partial charge is 0.591 e. The molecule has 19 heavy (non-hydrogen) atoms. The molecule has 0 amide bonds. The summed E-state index contributed by atoms with van der Waals surface area (Å²) < 4.78 is 29.0. The molecule has 1 atom stereocenters. The molecule has 0 spiro atoms. The van der Waals surface area contributed by atoms with Crippen molar-refractivity contribution in [3.63, 3.8) is 0 Å². The van der Waals surface area contributed by atoms with Gasteiger partial charge in [-0.05, 0) is 19.4 Å². The van der Waals surface area contributed by atoms with Gasteiger partial charge in [0, 0.05) is 17.7 Å². The maximum atomic E-state index is 13.6. The molecule has 104 valence electrons. The fourth-order valence-corrected chi connectivity index (χ4v) is 2.45. The number of hydrogen-bond acceptors (Lipinski definition) is 4. The van der Waals surface area contributed by atoms with Crippen molar-refractivity contribution in [3.8, 4) is 0 Å². The van der Waals surface area contributed by atoms with Crippen LogP contribution in [0.5, 0.6) is 0 Å². The van der Waals surface area contributed by atoms with Gasteiger partial charge in [-0.3, -0.25) is 10.1 Å². The molecular weight excluding hydrogens is 271 g/mol. The van der Waals surface area contributed by atoms with Crippen molar-refractivity contribution in [3.05, 3.63) is 39.7 Å². The molecule has 1 aromatic carbocycles. The third kappa shape index (κ3) is 4.60. The van der Waals surface area contributed by atoms with Crippen LogP contribution < -0.4 is 0 Å². The minimum absolute atomic E-state index is 0.0130. The topological polar surface area (TPSA) is 78.6 Å². The molecule has 1 unspecified atom stereocenters. The van der Waals surface area contributed by atoms with E-state index in [9.17, 15) is 19.1 Å². The van der Waals surface area contributed by atoms with Gasteiger partial charge in [0.2, 0.25) is 0 Å². The van der Waals surface area contributed by atoms with Crippen LogP contribution in [0.25, 0.3) is 0 Å². The predicted octanol–water partition coefficient (Wildman–Crippen LogP) is 3.01. The van der Waals surface area contributed by atoms with Crippen LogP contribution in [0.4, 0.5) is 10.1 Å². The number of rotatable bonds is 6. The van der Waals surface area contributed by atoms with Crippen LogP contribution in [0.2, 0.25) is 0 Å². The maximum Gasteiger partial charge on any atom is 0.270 e. The van der Waals surface area contributed by atoms with Gasteiger partial charge in [-0.25, -0.2) is 4.39 Å². The van der Waals surface area contributed by atoms with E-state index in [1.807, 2.05) is 6.92 Å². The van der Waals surface area contributed by atoms with Crippen molar-refractivity contribution in [1.29, 1.82) is 0 Å². The Labute approximate surface area is 114 Å². The van der Waals surface area contributed by atoms with Crippen molar-refractivity contribution in [2.45, 2.75) is 26.7 Å². The molecule has 0 saturated carbocycles. The minimum Gasteiger partial charge on any atom is -0.591 e. The smallest absolute Gasteiger partial charge is 0.270 e. The zero-order valence-corrected chi connectivity index (χ0v) is 11.6. The lowest BCUT2D eigenvalue weighted by Gasteiger charge is -2.05. The van der Waals surface area contributed by atoms with Crippen molar-refractivity contribution < 1.29 is 13.9 Å². The first-order valence-electron chi connectivity index (χ1n) is 5.83. The Bertz CT molecular complexity index is 494. The maximum absolute atomic E-state index is 13.6. The second-order valence-electron chi connectivity index (χ2n) is 3.98. The van der Waals surface area contributed by atoms with Gasteiger partial charge >= 0.3 is 0 Å². The molecule has 0 radical (unpaired) electrons. The Morgan fingerprint density at radius 3 is 2.79 bits per heavy atom. The average Bonchev–Trinajstić information content (AvgIpc) is 2.36. The van der Waals surface area contributed by atoms with E-state index in [1.54, 1.807) is 0 Å². The summed E-state index contributed by atoms with van der Waals surface area (Å²) >= 11 is -1.42. The van der Waals surface area contributed by atoms with E-state index in [1.165, 1.54) is 6.92 Å². The van der Waals surface area contributed by atoms with Gasteiger partial charge in [0.15, 0.2) is 0 Å². The normalized spacial score (nSPS) is 13.4. The highest BCUT2D eigenvalue weighted by molar-refractivity contribution is 7.90. The van der Waals surface area contributed by atoms with Crippen molar-refractivity contribution in [2.75, 3.05) is 5.75 Å². The summed E-state index contributed by atoms with van der Waals surface area (Å²) in [5, 5.41) is 10.6. The third-order valence-electron chi connectivity index (χ3n) is 2.46. The number of nitrogens with zero attached hydrogens (tertiary/aromatic N) is 2. The molecule has 1 rings (SSSR count). The first-order valence-corrected chi connectivity index (χ1v) is 7.11. The molecule has 7 heteroatoms. The highest BCUT2D eigenvalue weighted by Crippen LogP contribution is 2.18. The van der Waals surface area contributed by atoms with Crippen LogP contribution in [-0.4, -0.2) is 20.9 Å². The Hall–Kier alpha value is -1.47. The Balaban J connectivity index is 2.97. The summed E-state index contributed by atoms with van der Waals surface area (Å²) in [6.07, 6.45) is 1.66. The second-order valence-corrected chi connectivity index (χ2v) is 5.21. The molecular formula is C12H15FN2O3S. The van der Waals surface area contributed by atoms with Gasteiger partial charge in [0.25, 0.3) is 5.69 Å². The summed E-state index contributed by atoms with van der Waals surface area (Å²) in [4.78, 5) is 10.0. The van der Waals surface area contributed by atoms with E-state index in [0.717, 1.165) is 31.0 Å². The van der Waals surface area contributed by atoms with E-state index >= 15 is 0 Å². The van der Waals surface area contributed by atoms with Crippen molar-refractivity contribution >= 4 is 22.8 Å². The van der Waals surface area contributed by atoms with Crippen molar-refractivity contribution in [2.24, 2.45) is 4.40 Å². The molecule has 0 aromatic heterocycles. The summed E-state index contributed by atoms with van der Waals surface area (Å²) in [6.45, 7) is 3.46. The molecule has 5 nitrogen and oxygen atoms in total. The van der Waals surface area contributed by atoms with Gasteiger partial charge in [-0.1, -0.05) is 17.7 Å². The first kappa shape index (κ1) is 15.6. The standard InChI is InChI=1S/C12H15FN2O3S/c1-3-4-7-19(18)14-9(2)11-8-10(15(16)17)5-6-12(11)13/h5-6,8H,3-4,7H2,1-2H3. The monoisotopic (exact) mass is 286 g/mol. The zero-order chi connectivity index (χ0) is 14.4. The van der Waals surface area contributed by atoms with E-state index in [2.05, 4.69) is 4.40 Å². The van der Waals surface area contributed by atoms with Crippen molar-refractivity contribution in [1.82, 2.24) is 0 Å². The SMILES string of the molecule is CCCC[S+]([O-])N=C(C)c1cc([N+](=O)[O-])ccc1F. The van der Waals surface area contributed by atoms with Crippen LogP contribution in [0.1, 0.15) is 32.3 Å². The molecule has 1 aromatic rings. The fourth-order valence-electron chi connectivity index (χ4n) is 1.42. The Kier molecular flexibility index (Phi) is 5.91. The van der Waals surface area contributed by atoms with E-state index in [4.69, 9.17) is 0 Å². The molecule has 0 N–H and O–H groups in total. The van der Waals surface area contributed by atoms with Crippen LogP contribution in [0, 0.1) is 15.9 Å².